The number of rotatable bonds is 8. The molecule has 34 heavy (non-hydrogen) atoms. The number of nitrogens with one attached hydrogen (secondary N) is 2. The van der Waals surface area contributed by atoms with E-state index < -0.39 is 35.0 Å². The van der Waals surface area contributed by atoms with Crippen LogP contribution in [0.2, 0.25) is 0 Å². The molecule has 1 unspecified atom stereocenters. The zero-order valence-corrected chi connectivity index (χ0v) is 18.3. The average Bonchev–Trinajstić information content (AvgIpc) is 2.83. The number of aryl methyl sites for hydroxylation is 2. The van der Waals surface area contributed by atoms with E-state index in [1.807, 2.05) is 35.6 Å². The SMILES string of the molecule is CNC(=O)c1cn(CCCc2ccccc2)cc(C(=O)NC(c2cccnc2)C(F)(F)F)c1=O. The molecule has 0 spiro atoms. The molecule has 7 nitrogen and oxygen atoms in total. The van der Waals surface area contributed by atoms with Gasteiger partial charge in [-0.2, -0.15) is 13.2 Å². The fourth-order valence-corrected chi connectivity index (χ4v) is 3.44. The minimum Gasteiger partial charge on any atom is -0.355 e. The van der Waals surface area contributed by atoms with Gasteiger partial charge in [-0.25, -0.2) is 0 Å². The normalized spacial score (nSPS) is 12.1. The molecule has 2 N–H and O–H groups in total. The lowest BCUT2D eigenvalue weighted by Crippen LogP contribution is -2.41. The Morgan fingerprint density at radius 1 is 1.03 bits per heavy atom. The van der Waals surface area contributed by atoms with Crippen molar-refractivity contribution in [2.24, 2.45) is 0 Å². The highest BCUT2D eigenvalue weighted by Gasteiger charge is 2.42. The van der Waals surface area contributed by atoms with E-state index in [0.29, 0.717) is 19.4 Å². The van der Waals surface area contributed by atoms with Crippen molar-refractivity contribution in [3.8, 4) is 0 Å². The van der Waals surface area contributed by atoms with E-state index in [-0.39, 0.29) is 11.1 Å². The van der Waals surface area contributed by atoms with E-state index >= 15 is 0 Å². The summed E-state index contributed by atoms with van der Waals surface area (Å²) in [6.07, 6.45) is 1.24. The van der Waals surface area contributed by atoms with E-state index in [1.54, 1.807) is 0 Å². The van der Waals surface area contributed by atoms with Crippen molar-refractivity contribution in [2.75, 3.05) is 7.05 Å². The van der Waals surface area contributed by atoms with Crippen LogP contribution >= 0.6 is 0 Å². The van der Waals surface area contributed by atoms with E-state index in [4.69, 9.17) is 0 Å². The van der Waals surface area contributed by atoms with Crippen molar-refractivity contribution in [3.63, 3.8) is 0 Å². The molecule has 0 saturated heterocycles. The van der Waals surface area contributed by atoms with E-state index in [9.17, 15) is 27.6 Å². The molecule has 3 aromatic rings. The quantitative estimate of drug-likeness (QED) is 0.526. The minimum absolute atomic E-state index is 0.283. The number of carbonyl (C=O) groups excluding carboxylic acids is 2. The topological polar surface area (TPSA) is 93.1 Å². The summed E-state index contributed by atoms with van der Waals surface area (Å²) in [7, 11) is 1.32. The van der Waals surface area contributed by atoms with E-state index in [2.05, 4.69) is 10.3 Å². The molecule has 2 amide bonds. The smallest absolute Gasteiger partial charge is 0.355 e. The van der Waals surface area contributed by atoms with Crippen molar-refractivity contribution in [1.29, 1.82) is 0 Å². The van der Waals surface area contributed by atoms with Crippen LogP contribution in [0.5, 0.6) is 0 Å². The first-order valence-corrected chi connectivity index (χ1v) is 10.5. The molecule has 10 heteroatoms. The van der Waals surface area contributed by atoms with Crippen LogP contribution in [0.15, 0.2) is 72.0 Å². The van der Waals surface area contributed by atoms with Crippen LogP contribution in [0.4, 0.5) is 13.2 Å². The van der Waals surface area contributed by atoms with Gasteiger partial charge in [0.1, 0.15) is 11.1 Å². The van der Waals surface area contributed by atoms with Gasteiger partial charge in [-0.3, -0.25) is 19.4 Å². The van der Waals surface area contributed by atoms with Gasteiger partial charge in [0.25, 0.3) is 11.8 Å². The van der Waals surface area contributed by atoms with Crippen LogP contribution in [0.25, 0.3) is 0 Å². The predicted molar refractivity (Wildman–Crippen MR) is 119 cm³/mol. The molecule has 1 aromatic carbocycles. The molecule has 3 rings (SSSR count). The van der Waals surface area contributed by atoms with Gasteiger partial charge < -0.3 is 15.2 Å². The summed E-state index contributed by atoms with van der Waals surface area (Å²) >= 11 is 0. The highest BCUT2D eigenvalue weighted by molar-refractivity contribution is 5.99. The summed E-state index contributed by atoms with van der Waals surface area (Å²) in [6.45, 7) is 0.338. The largest absolute Gasteiger partial charge is 0.412 e. The number of pyridine rings is 2. The molecule has 0 aliphatic heterocycles. The number of benzene rings is 1. The minimum atomic E-state index is -4.83. The second kappa shape index (κ2) is 10.8. The van der Waals surface area contributed by atoms with Crippen LogP contribution in [0.1, 0.15) is 44.3 Å². The lowest BCUT2D eigenvalue weighted by molar-refractivity contribution is -0.155. The van der Waals surface area contributed by atoms with E-state index in [1.165, 1.54) is 42.3 Å². The zero-order valence-electron chi connectivity index (χ0n) is 18.3. The van der Waals surface area contributed by atoms with Gasteiger partial charge in [0.05, 0.1) is 0 Å². The van der Waals surface area contributed by atoms with Gasteiger partial charge in [0, 0.05) is 43.9 Å². The van der Waals surface area contributed by atoms with Crippen LogP contribution < -0.4 is 16.1 Å². The molecule has 0 fully saturated rings. The third kappa shape index (κ3) is 6.09. The average molecular weight is 472 g/mol. The molecule has 0 bridgehead atoms. The number of nitrogens with zero attached hydrogens (tertiary/aromatic N) is 2. The number of carbonyl (C=O) groups is 2. The standard InChI is InChI=1S/C24H23F3N4O3/c1-28-22(33)18-14-31(12-6-9-16-7-3-2-4-8-16)15-19(20(18)32)23(34)30-21(24(25,26)27)17-10-5-11-29-13-17/h2-5,7-8,10-11,13-15,21H,6,9,12H2,1H3,(H,28,33)(H,30,34). The summed E-state index contributed by atoms with van der Waals surface area (Å²) in [5.41, 5.74) is -1.05. The Hall–Kier alpha value is -3.95. The van der Waals surface area contributed by atoms with Crippen molar-refractivity contribution in [1.82, 2.24) is 20.2 Å². The Labute approximate surface area is 193 Å². The number of amides is 2. The first-order chi connectivity index (χ1) is 16.2. The first kappa shape index (κ1) is 24.7. The van der Waals surface area contributed by atoms with Crippen molar-refractivity contribution in [2.45, 2.75) is 31.6 Å². The third-order valence-corrected chi connectivity index (χ3v) is 5.14. The summed E-state index contributed by atoms with van der Waals surface area (Å²) < 4.78 is 42.5. The fraction of sp³-hybridized carbons (Fsp3) is 0.250. The second-order valence-electron chi connectivity index (χ2n) is 7.56. The first-order valence-electron chi connectivity index (χ1n) is 10.5. The summed E-state index contributed by atoms with van der Waals surface area (Å²) in [4.78, 5) is 41.5. The maximum Gasteiger partial charge on any atom is 0.412 e. The molecule has 1 atom stereocenters. The highest BCUT2D eigenvalue weighted by atomic mass is 19.4. The molecule has 0 aliphatic rings. The summed E-state index contributed by atoms with van der Waals surface area (Å²) in [5.74, 6) is -1.98. The van der Waals surface area contributed by atoms with Crippen molar-refractivity contribution in [3.05, 3.63) is 99.7 Å². The highest BCUT2D eigenvalue weighted by Crippen LogP contribution is 2.32. The third-order valence-electron chi connectivity index (χ3n) is 5.14. The van der Waals surface area contributed by atoms with Crippen molar-refractivity contribution < 1.29 is 22.8 Å². The van der Waals surface area contributed by atoms with Crippen molar-refractivity contribution >= 4 is 11.8 Å². The number of hydrogen-bond acceptors (Lipinski definition) is 4. The molecule has 0 aliphatic carbocycles. The Morgan fingerprint density at radius 3 is 2.29 bits per heavy atom. The zero-order chi connectivity index (χ0) is 24.7. The Morgan fingerprint density at radius 2 is 1.71 bits per heavy atom. The molecule has 0 radical (unpaired) electrons. The monoisotopic (exact) mass is 472 g/mol. The summed E-state index contributed by atoms with van der Waals surface area (Å²) in [6, 6.07) is 9.72. The molecular formula is C24H23F3N4O3. The predicted octanol–water partition coefficient (Wildman–Crippen LogP) is 3.27. The van der Waals surface area contributed by atoms with Crippen LogP contribution in [-0.2, 0) is 13.0 Å². The van der Waals surface area contributed by atoms with Crippen LogP contribution in [0.3, 0.4) is 0 Å². The van der Waals surface area contributed by atoms with Gasteiger partial charge >= 0.3 is 6.18 Å². The van der Waals surface area contributed by atoms with Gasteiger partial charge in [-0.1, -0.05) is 36.4 Å². The second-order valence-corrected chi connectivity index (χ2v) is 7.56. The van der Waals surface area contributed by atoms with Crippen LogP contribution in [-0.4, -0.2) is 34.6 Å². The maximum atomic E-state index is 13.7. The molecule has 178 valence electrons. The molecule has 0 saturated carbocycles. The maximum absolute atomic E-state index is 13.7. The van der Waals surface area contributed by atoms with Gasteiger partial charge in [0.2, 0.25) is 5.43 Å². The Balaban J connectivity index is 1.90. The molecule has 2 aromatic heterocycles. The lowest BCUT2D eigenvalue weighted by atomic mass is 10.1. The number of hydrogen-bond donors (Lipinski definition) is 2. The van der Waals surface area contributed by atoms with Crippen LogP contribution in [0, 0.1) is 0 Å². The molecule has 2 heterocycles. The Kier molecular flexibility index (Phi) is 7.83. The number of halogens is 3. The van der Waals surface area contributed by atoms with Gasteiger partial charge in [-0.05, 0) is 24.5 Å². The van der Waals surface area contributed by atoms with E-state index in [0.717, 1.165) is 11.8 Å². The fourth-order valence-electron chi connectivity index (χ4n) is 3.44. The Bertz CT molecular complexity index is 1200. The number of alkyl halides is 3. The molecular weight excluding hydrogens is 449 g/mol. The number of aromatic nitrogens is 2. The lowest BCUT2D eigenvalue weighted by Gasteiger charge is -2.22. The summed E-state index contributed by atoms with van der Waals surface area (Å²) in [5, 5.41) is 4.19. The van der Waals surface area contributed by atoms with Gasteiger partial charge in [-0.15, -0.1) is 0 Å². The van der Waals surface area contributed by atoms with Gasteiger partial charge in [0.15, 0.2) is 6.04 Å².